The molecule has 0 bridgehead atoms. The second-order valence-corrected chi connectivity index (χ2v) is 42.0. The Kier molecular flexibility index (Phi) is 16.3. The van der Waals surface area contributed by atoms with Crippen LogP contribution < -0.4 is 0 Å². The summed E-state index contributed by atoms with van der Waals surface area (Å²) in [5.41, 5.74) is 35.6. The van der Waals surface area contributed by atoms with Crippen LogP contribution in [0.1, 0.15) is 44.5 Å². The first kappa shape index (κ1) is 77.1. The summed E-state index contributed by atoms with van der Waals surface area (Å²) in [5.74, 6) is 0. The predicted molar refractivity (Wildman–Crippen MR) is 595 cm³/mol. The van der Waals surface area contributed by atoms with Gasteiger partial charge in [0.1, 0.15) is 0 Å². The lowest BCUT2D eigenvalue weighted by Gasteiger charge is -2.33. The number of fused-ring (bicyclic) bond motifs is 40. The number of thiophene rings is 4. The van der Waals surface area contributed by atoms with E-state index in [0.717, 1.165) is 0 Å². The second-order valence-electron chi connectivity index (χ2n) is 37.8. The molecule has 4 aromatic heterocycles. The van der Waals surface area contributed by atoms with E-state index in [2.05, 4.69) is 461 Å². The zero-order valence-corrected chi connectivity index (χ0v) is 77.8. The Morgan fingerprint density at radius 3 is 0.754 bits per heavy atom. The van der Waals surface area contributed by atoms with Gasteiger partial charge in [-0.25, -0.2) is 0 Å². The summed E-state index contributed by atoms with van der Waals surface area (Å²) in [6.45, 7) is 0. The van der Waals surface area contributed by atoms with E-state index < -0.39 is 10.8 Å². The molecule has 0 radical (unpaired) electrons. The largest absolute Gasteiger partial charge is 0.135 e. The molecule has 32 rings (SSSR count). The van der Waals surface area contributed by atoms with Gasteiger partial charge in [0.2, 0.25) is 0 Å². The standard InChI is InChI=1S/2C67H38S2/c1-2-17-40-39(16-1)36-37-57-63(40)52-29-13-28-51(66(52)67(57)55-30-7-3-18-43(55)44-19-4-8-31-56(44)67)62-47-24-11-22-41(45-26-14-34-60-64(45)49-20-5-9-32-58(49)68-60)53(47)38-54-42(23-12-25-48(54)62)46-27-15-35-61-65(46)50-21-6-10-33-59(50)69-61;1-2-17-40-39(16-1)36-37-59-63(40)54-31-15-30-53(64(54)67(59)57-32-7-3-18-43(57)44-19-4-8-33-58(44)67)62-47-24-11-22-41(49-26-13-28-51-45-20-5-9-34-60(45)68-65(49)51)55(47)38-56-42(23-12-25-48(56)62)50-27-14-29-52-46-21-6-10-35-61(46)69-66(50)52/h2*1-38H. The third-order valence-corrected chi connectivity index (χ3v) is 36.1. The van der Waals surface area contributed by atoms with Crippen LogP contribution in [0, 0.1) is 0 Å². The van der Waals surface area contributed by atoms with Gasteiger partial charge >= 0.3 is 0 Å². The average molecular weight is 1810 g/mol. The maximum atomic E-state index is 2.54. The minimum absolute atomic E-state index is 0.548. The van der Waals surface area contributed by atoms with E-state index in [0.29, 0.717) is 0 Å². The first-order chi connectivity index (χ1) is 68.5. The molecule has 0 nitrogen and oxygen atoms in total. The molecule has 0 saturated carbocycles. The van der Waals surface area contributed by atoms with Crippen molar-refractivity contribution in [3.8, 4) is 111 Å². The minimum Gasteiger partial charge on any atom is -0.135 e. The van der Waals surface area contributed by atoms with E-state index >= 15 is 0 Å². The molecule has 24 aromatic carbocycles. The SMILES string of the molecule is c1ccc2c(c1)-c1ccccc1C21c2ccc3ccccc3c2-c2cccc(-c3c4cccc(-c5cccc6c5sc5ccccc56)c4cc4c(-c5cccc6c5sc5ccccc56)cccc34)c21.c1ccc2c(c1)-c1ccccc1C21c2ccc3ccccc3c2-c2cccc(-c3c4cccc(-c5cccc6sc7ccccc7c56)c4cc4c(-c5cccc6sc7ccccc7c56)cccc34)c21. The van der Waals surface area contributed by atoms with E-state index in [1.807, 2.05) is 45.3 Å². The highest BCUT2D eigenvalue weighted by atomic mass is 32.1. The molecular weight excluding hydrogens is 1740 g/mol. The van der Waals surface area contributed by atoms with Crippen molar-refractivity contribution in [2.75, 3.05) is 0 Å². The maximum absolute atomic E-state index is 2.54. The predicted octanol–water partition coefficient (Wildman–Crippen LogP) is 38.5. The number of hydrogen-bond donors (Lipinski definition) is 0. The lowest BCUT2D eigenvalue weighted by atomic mass is 9.68. The van der Waals surface area contributed by atoms with Crippen molar-refractivity contribution < 1.29 is 0 Å². The van der Waals surface area contributed by atoms with Crippen molar-refractivity contribution in [1.82, 2.24) is 0 Å². The van der Waals surface area contributed by atoms with Gasteiger partial charge in [-0.3, -0.25) is 0 Å². The Morgan fingerprint density at radius 2 is 0.377 bits per heavy atom. The van der Waals surface area contributed by atoms with Gasteiger partial charge in [0.05, 0.1) is 10.8 Å². The van der Waals surface area contributed by atoms with E-state index in [-0.39, 0.29) is 0 Å². The van der Waals surface area contributed by atoms with Crippen molar-refractivity contribution in [3.05, 3.63) is 506 Å². The lowest BCUT2D eigenvalue weighted by Crippen LogP contribution is -2.26. The van der Waals surface area contributed by atoms with Crippen molar-refractivity contribution in [2.45, 2.75) is 10.8 Å². The maximum Gasteiger partial charge on any atom is 0.0731 e. The van der Waals surface area contributed by atoms with E-state index in [4.69, 9.17) is 0 Å². The molecule has 4 aliphatic carbocycles. The van der Waals surface area contributed by atoms with Gasteiger partial charge in [-0.2, -0.15) is 0 Å². The summed E-state index contributed by atoms with van der Waals surface area (Å²) in [5, 5.41) is 25.8. The van der Waals surface area contributed by atoms with Gasteiger partial charge in [0, 0.05) is 91.8 Å². The highest BCUT2D eigenvalue weighted by Crippen LogP contribution is 2.69. The molecule has 0 amide bonds. The van der Waals surface area contributed by atoms with Gasteiger partial charge in [0.25, 0.3) is 0 Å². The fourth-order valence-corrected chi connectivity index (χ4v) is 30.8. The van der Waals surface area contributed by atoms with Crippen molar-refractivity contribution in [2.24, 2.45) is 0 Å². The number of rotatable bonds is 6. The molecule has 0 fully saturated rings. The van der Waals surface area contributed by atoms with Crippen LogP contribution in [0.15, 0.2) is 461 Å². The third-order valence-electron chi connectivity index (χ3n) is 31.4. The van der Waals surface area contributed by atoms with Crippen molar-refractivity contribution >= 4 is 191 Å². The molecule has 138 heavy (non-hydrogen) atoms. The van der Waals surface area contributed by atoms with E-state index in [9.17, 15) is 0 Å². The number of hydrogen-bond acceptors (Lipinski definition) is 4. The van der Waals surface area contributed by atoms with Gasteiger partial charge in [-0.15, -0.1) is 45.3 Å². The molecule has 2 spiro atoms. The summed E-state index contributed by atoms with van der Waals surface area (Å²) in [6.07, 6.45) is 0. The third kappa shape index (κ3) is 10.4. The molecule has 0 aliphatic heterocycles. The molecule has 636 valence electrons. The normalized spacial score (nSPS) is 13.3. The Bertz CT molecular complexity index is 9850. The monoisotopic (exact) mass is 1810 g/mol. The summed E-state index contributed by atoms with van der Waals surface area (Å²) in [4.78, 5) is 0. The van der Waals surface area contributed by atoms with Gasteiger partial charge in [0.15, 0.2) is 0 Å². The Labute approximate surface area is 811 Å². The number of benzene rings is 24. The van der Waals surface area contributed by atoms with E-state index in [1.165, 1.54) is 301 Å². The fraction of sp³-hybridized carbons (Fsp3) is 0.0149. The molecule has 0 atom stereocenters. The first-order valence-electron chi connectivity index (χ1n) is 47.8. The zero-order chi connectivity index (χ0) is 89.9. The lowest BCUT2D eigenvalue weighted by molar-refractivity contribution is 0.796. The van der Waals surface area contributed by atoms with Crippen molar-refractivity contribution in [1.29, 1.82) is 0 Å². The smallest absolute Gasteiger partial charge is 0.0731 e. The highest BCUT2D eigenvalue weighted by Gasteiger charge is 2.55. The molecule has 0 unspecified atom stereocenters. The van der Waals surface area contributed by atoms with Crippen LogP contribution in [0.5, 0.6) is 0 Å². The zero-order valence-electron chi connectivity index (χ0n) is 74.5. The van der Waals surface area contributed by atoms with Crippen molar-refractivity contribution in [3.63, 3.8) is 0 Å². The Morgan fingerprint density at radius 1 is 0.130 bits per heavy atom. The Balaban J connectivity index is 0.000000128. The van der Waals surface area contributed by atoms with Crippen LogP contribution in [0.4, 0.5) is 0 Å². The first-order valence-corrected chi connectivity index (χ1v) is 51.1. The topological polar surface area (TPSA) is 0 Å². The second kappa shape index (κ2) is 29.1. The molecular formula is C134H76S4. The quantitative estimate of drug-likeness (QED) is 0.146. The highest BCUT2D eigenvalue weighted by molar-refractivity contribution is 7.27. The Hall–Kier alpha value is -16.3. The summed E-state index contributed by atoms with van der Waals surface area (Å²) in [7, 11) is 0. The molecule has 0 saturated heterocycles. The fourth-order valence-electron chi connectivity index (χ4n) is 26.1. The average Bonchev–Trinajstić information content (AvgIpc) is 1.50. The van der Waals surface area contributed by atoms with Crippen LogP contribution in [0.2, 0.25) is 0 Å². The summed E-state index contributed by atoms with van der Waals surface area (Å²) < 4.78 is 10.6. The van der Waals surface area contributed by atoms with Gasteiger partial charge < -0.3 is 0 Å². The van der Waals surface area contributed by atoms with Crippen LogP contribution in [-0.2, 0) is 10.8 Å². The molecule has 4 heterocycles. The van der Waals surface area contributed by atoms with Gasteiger partial charge in [-0.05, 0) is 258 Å². The van der Waals surface area contributed by atoms with Crippen LogP contribution in [-0.4, -0.2) is 0 Å². The van der Waals surface area contributed by atoms with Gasteiger partial charge in [-0.1, -0.05) is 413 Å². The summed E-state index contributed by atoms with van der Waals surface area (Å²) >= 11 is 7.60. The minimum atomic E-state index is -0.551. The van der Waals surface area contributed by atoms with Crippen LogP contribution in [0.3, 0.4) is 0 Å². The molecule has 28 aromatic rings. The molecule has 0 N–H and O–H groups in total. The van der Waals surface area contributed by atoms with Crippen LogP contribution in [0.25, 0.3) is 257 Å². The van der Waals surface area contributed by atoms with E-state index in [1.54, 1.807) is 0 Å². The van der Waals surface area contributed by atoms with Crippen LogP contribution >= 0.6 is 45.3 Å². The molecule has 4 heteroatoms. The molecule has 4 aliphatic rings. The summed E-state index contributed by atoms with van der Waals surface area (Å²) in [6, 6.07) is 176.